The molecular weight excluding hydrogens is 376 g/mol. The van der Waals surface area contributed by atoms with Crippen molar-refractivity contribution >= 4 is 23.6 Å². The molecule has 0 radical (unpaired) electrons. The van der Waals surface area contributed by atoms with E-state index in [2.05, 4.69) is 21.0 Å². The number of aromatic nitrogens is 3. The van der Waals surface area contributed by atoms with Gasteiger partial charge in [-0.3, -0.25) is 20.4 Å². The molecule has 3 rings (SSSR count). The van der Waals surface area contributed by atoms with Crippen LogP contribution in [0.3, 0.4) is 0 Å². The van der Waals surface area contributed by atoms with E-state index in [1.807, 2.05) is 37.3 Å². The minimum absolute atomic E-state index is 0.380. The lowest BCUT2D eigenvalue weighted by Crippen LogP contribution is -2.45. The van der Waals surface area contributed by atoms with Crippen molar-refractivity contribution in [2.24, 2.45) is 0 Å². The molecule has 0 fully saturated rings. The molecule has 1 aromatic heterocycles. The maximum atomic E-state index is 12.3. The van der Waals surface area contributed by atoms with Crippen molar-refractivity contribution in [3.05, 3.63) is 65.7 Å². The topological polar surface area (TPSA) is 115 Å². The molecule has 2 aromatic carbocycles. The fraction of sp³-hybridized carbons (Fsp3) is 0.158. The van der Waals surface area contributed by atoms with E-state index in [-0.39, 0.29) is 5.91 Å². The summed E-state index contributed by atoms with van der Waals surface area (Å²) in [4.78, 5) is 24.3. The van der Waals surface area contributed by atoms with E-state index in [9.17, 15) is 9.59 Å². The lowest BCUT2D eigenvalue weighted by Gasteiger charge is -2.12. The summed E-state index contributed by atoms with van der Waals surface area (Å²) in [7, 11) is 0. The third-order valence-electron chi connectivity index (χ3n) is 4.04. The first-order valence-electron chi connectivity index (χ1n) is 8.55. The number of nitrogens with two attached hydrogens (primary N) is 1. The molecule has 2 amide bonds. The Morgan fingerprint density at radius 2 is 1.71 bits per heavy atom. The Morgan fingerprint density at radius 3 is 2.43 bits per heavy atom. The molecule has 28 heavy (non-hydrogen) atoms. The molecule has 3 aromatic rings. The SMILES string of the molecule is Cc1ccccc1-c1nnc(S[C@@H](C)C(=O)NNC(=O)c2ccccc2)n1N. The lowest BCUT2D eigenvalue weighted by atomic mass is 10.1. The Kier molecular flexibility index (Phi) is 5.95. The monoisotopic (exact) mass is 396 g/mol. The van der Waals surface area contributed by atoms with Gasteiger partial charge in [-0.15, -0.1) is 10.2 Å². The molecule has 4 N–H and O–H groups in total. The summed E-state index contributed by atoms with van der Waals surface area (Å²) in [6, 6.07) is 16.3. The molecule has 1 atom stereocenters. The van der Waals surface area contributed by atoms with E-state index < -0.39 is 11.2 Å². The van der Waals surface area contributed by atoms with Crippen molar-refractivity contribution in [2.45, 2.75) is 24.3 Å². The van der Waals surface area contributed by atoms with Gasteiger partial charge in [0.15, 0.2) is 5.82 Å². The highest BCUT2D eigenvalue weighted by Crippen LogP contribution is 2.26. The molecule has 0 bridgehead atoms. The predicted molar refractivity (Wildman–Crippen MR) is 108 cm³/mol. The van der Waals surface area contributed by atoms with Crippen molar-refractivity contribution in [3.8, 4) is 11.4 Å². The van der Waals surface area contributed by atoms with Gasteiger partial charge in [0.05, 0.1) is 5.25 Å². The number of hydrazine groups is 1. The predicted octanol–water partition coefficient (Wildman–Crippen LogP) is 1.91. The van der Waals surface area contributed by atoms with E-state index in [0.717, 1.165) is 22.9 Å². The first-order valence-corrected chi connectivity index (χ1v) is 9.43. The highest BCUT2D eigenvalue weighted by molar-refractivity contribution is 8.00. The van der Waals surface area contributed by atoms with Gasteiger partial charge in [0.2, 0.25) is 5.16 Å². The number of benzene rings is 2. The number of rotatable bonds is 5. The number of nitrogen functional groups attached to an aromatic ring is 1. The van der Waals surface area contributed by atoms with Crippen molar-refractivity contribution in [3.63, 3.8) is 0 Å². The van der Waals surface area contributed by atoms with Crippen LogP contribution < -0.4 is 16.7 Å². The number of thioether (sulfide) groups is 1. The van der Waals surface area contributed by atoms with Crippen LogP contribution in [0.15, 0.2) is 59.8 Å². The summed E-state index contributed by atoms with van der Waals surface area (Å²) in [5.74, 6) is 5.87. The van der Waals surface area contributed by atoms with E-state index in [4.69, 9.17) is 5.84 Å². The van der Waals surface area contributed by atoms with Crippen LogP contribution in [-0.4, -0.2) is 31.9 Å². The van der Waals surface area contributed by atoms with E-state index in [1.54, 1.807) is 31.2 Å². The van der Waals surface area contributed by atoms with Crippen LogP contribution in [0.5, 0.6) is 0 Å². The van der Waals surface area contributed by atoms with Gasteiger partial charge in [-0.25, -0.2) is 4.68 Å². The van der Waals surface area contributed by atoms with Crippen molar-refractivity contribution < 1.29 is 9.59 Å². The third kappa shape index (κ3) is 4.32. The maximum absolute atomic E-state index is 12.3. The molecule has 144 valence electrons. The zero-order chi connectivity index (χ0) is 20.1. The summed E-state index contributed by atoms with van der Waals surface area (Å²) in [5.41, 5.74) is 7.15. The molecule has 0 saturated carbocycles. The summed E-state index contributed by atoms with van der Waals surface area (Å²) in [6.45, 7) is 3.65. The van der Waals surface area contributed by atoms with Gasteiger partial charge in [-0.1, -0.05) is 54.2 Å². The number of hydrogen-bond acceptors (Lipinski definition) is 6. The second kappa shape index (κ2) is 8.57. The number of nitrogens with zero attached hydrogens (tertiary/aromatic N) is 3. The zero-order valence-corrected chi connectivity index (χ0v) is 16.2. The molecule has 9 heteroatoms. The zero-order valence-electron chi connectivity index (χ0n) is 15.4. The average molecular weight is 396 g/mol. The maximum Gasteiger partial charge on any atom is 0.269 e. The van der Waals surface area contributed by atoms with Crippen LogP contribution >= 0.6 is 11.8 Å². The number of hydrogen-bond donors (Lipinski definition) is 3. The van der Waals surface area contributed by atoms with Gasteiger partial charge in [-0.05, 0) is 31.5 Å². The van der Waals surface area contributed by atoms with Crippen LogP contribution in [0, 0.1) is 6.92 Å². The first kappa shape index (κ1) is 19.4. The average Bonchev–Trinajstić information content (AvgIpc) is 3.07. The highest BCUT2D eigenvalue weighted by atomic mass is 32.2. The molecular formula is C19H20N6O2S. The van der Waals surface area contributed by atoms with Crippen LogP contribution in [0.1, 0.15) is 22.8 Å². The van der Waals surface area contributed by atoms with Crippen LogP contribution in [-0.2, 0) is 4.79 Å². The number of carbonyl (C=O) groups excluding carboxylic acids is 2. The van der Waals surface area contributed by atoms with Crippen LogP contribution in [0.2, 0.25) is 0 Å². The van der Waals surface area contributed by atoms with E-state index in [1.165, 1.54) is 4.68 Å². The fourth-order valence-corrected chi connectivity index (χ4v) is 3.23. The number of amides is 2. The normalized spacial score (nSPS) is 11.6. The van der Waals surface area contributed by atoms with Crippen molar-refractivity contribution in [2.75, 3.05) is 5.84 Å². The second-order valence-electron chi connectivity index (χ2n) is 6.06. The Bertz CT molecular complexity index is 989. The van der Waals surface area contributed by atoms with Gasteiger partial charge in [0.1, 0.15) is 0 Å². The minimum atomic E-state index is -0.549. The third-order valence-corrected chi connectivity index (χ3v) is 5.09. The molecule has 0 aliphatic heterocycles. The number of carbonyl (C=O) groups is 2. The fourth-order valence-electron chi connectivity index (χ4n) is 2.46. The quantitative estimate of drug-likeness (QED) is 0.345. The van der Waals surface area contributed by atoms with Gasteiger partial charge in [-0.2, -0.15) is 0 Å². The largest absolute Gasteiger partial charge is 0.335 e. The molecule has 0 saturated heterocycles. The van der Waals surface area contributed by atoms with Crippen molar-refractivity contribution in [1.29, 1.82) is 0 Å². The Balaban J connectivity index is 1.62. The molecule has 0 aliphatic carbocycles. The number of nitrogens with one attached hydrogen (secondary N) is 2. The molecule has 8 nitrogen and oxygen atoms in total. The molecule has 0 aliphatic rings. The minimum Gasteiger partial charge on any atom is -0.335 e. The van der Waals surface area contributed by atoms with Gasteiger partial charge in [0.25, 0.3) is 11.8 Å². The smallest absolute Gasteiger partial charge is 0.269 e. The Morgan fingerprint density at radius 1 is 1.04 bits per heavy atom. The number of aryl methyl sites for hydroxylation is 1. The molecule has 0 unspecified atom stereocenters. The lowest BCUT2D eigenvalue weighted by molar-refractivity contribution is -0.121. The molecule has 0 spiro atoms. The standard InChI is InChI=1S/C19H20N6O2S/c1-12-8-6-7-11-15(12)16-21-24-19(25(16)20)28-13(2)17(26)22-23-18(27)14-9-4-3-5-10-14/h3-11,13H,20H2,1-2H3,(H,22,26)(H,23,27)/t13-/m0/s1. The summed E-state index contributed by atoms with van der Waals surface area (Å²) in [5, 5.41) is 8.07. The van der Waals surface area contributed by atoms with Crippen LogP contribution in [0.25, 0.3) is 11.4 Å². The van der Waals surface area contributed by atoms with Crippen LogP contribution in [0.4, 0.5) is 0 Å². The second-order valence-corrected chi connectivity index (χ2v) is 7.37. The first-order chi connectivity index (χ1) is 13.5. The summed E-state index contributed by atoms with van der Waals surface area (Å²) >= 11 is 1.15. The molecule has 1 heterocycles. The van der Waals surface area contributed by atoms with Gasteiger partial charge in [0, 0.05) is 11.1 Å². The Hall–Kier alpha value is -3.33. The Labute approximate surface area is 166 Å². The van der Waals surface area contributed by atoms with Gasteiger partial charge >= 0.3 is 0 Å². The van der Waals surface area contributed by atoms with Crippen molar-refractivity contribution in [1.82, 2.24) is 25.7 Å². The summed E-state index contributed by atoms with van der Waals surface area (Å²) in [6.07, 6.45) is 0. The van der Waals surface area contributed by atoms with E-state index >= 15 is 0 Å². The van der Waals surface area contributed by atoms with E-state index in [0.29, 0.717) is 16.5 Å². The summed E-state index contributed by atoms with van der Waals surface area (Å²) < 4.78 is 1.36. The highest BCUT2D eigenvalue weighted by Gasteiger charge is 2.21. The van der Waals surface area contributed by atoms with Gasteiger partial charge < -0.3 is 5.84 Å².